The van der Waals surface area contributed by atoms with Crippen molar-refractivity contribution in [2.24, 2.45) is 0 Å². The first kappa shape index (κ1) is 22.1. The molecule has 1 fully saturated rings. The number of phenols is 1. The van der Waals surface area contributed by atoms with Gasteiger partial charge in [-0.3, -0.25) is 4.98 Å². The standard InChI is InChI=1S/C22H23BClNO5S/c1-14-13-31(28,29)21-12-23(27)30-20(22(14)21)8-6-16(19-4-2-3-9-25-19)10-15-5-7-17(26)11-18(15)24/h2-5,7,9-11,20-21,26-27H,6,8,12-13H2,1H3/b16-10-/t20-,21+/m1/s1. The fourth-order valence-electron chi connectivity index (χ4n) is 4.37. The van der Waals surface area contributed by atoms with Gasteiger partial charge in [0.25, 0.3) is 0 Å². The molecule has 2 aromatic rings. The lowest BCUT2D eigenvalue weighted by molar-refractivity contribution is 0.171. The molecule has 0 unspecified atom stereocenters. The molecule has 1 aromatic carbocycles. The molecule has 4 rings (SSSR count). The number of hydrogen-bond acceptors (Lipinski definition) is 6. The summed E-state index contributed by atoms with van der Waals surface area (Å²) in [6, 6.07) is 10.4. The fraction of sp³-hybridized carbons (Fsp3) is 0.318. The summed E-state index contributed by atoms with van der Waals surface area (Å²) < 4.78 is 30.8. The molecular formula is C22H23BClNO5S. The van der Waals surface area contributed by atoms with Gasteiger partial charge in [-0.25, -0.2) is 8.42 Å². The Hall–Kier alpha value is -2.13. The molecule has 2 atom stereocenters. The maximum Gasteiger partial charge on any atom is 0.456 e. The largest absolute Gasteiger partial charge is 0.508 e. The first-order valence-electron chi connectivity index (χ1n) is 10.1. The van der Waals surface area contributed by atoms with E-state index < -0.39 is 28.3 Å². The number of fused-ring (bicyclic) bond motifs is 1. The van der Waals surface area contributed by atoms with Crippen molar-refractivity contribution < 1.29 is 23.2 Å². The third-order valence-electron chi connectivity index (χ3n) is 5.76. The van der Waals surface area contributed by atoms with E-state index in [-0.39, 0.29) is 17.8 Å². The zero-order valence-electron chi connectivity index (χ0n) is 17.0. The van der Waals surface area contributed by atoms with E-state index in [2.05, 4.69) is 4.98 Å². The van der Waals surface area contributed by atoms with Gasteiger partial charge in [-0.2, -0.15) is 0 Å². The second-order valence-corrected chi connectivity index (χ2v) is 10.6. The van der Waals surface area contributed by atoms with Crippen molar-refractivity contribution in [1.82, 2.24) is 4.98 Å². The number of rotatable bonds is 5. The number of aromatic hydroxyl groups is 1. The molecule has 3 heterocycles. The number of allylic oxidation sites excluding steroid dienone is 1. The zero-order valence-corrected chi connectivity index (χ0v) is 18.6. The van der Waals surface area contributed by atoms with Crippen LogP contribution in [-0.4, -0.2) is 47.8 Å². The highest BCUT2D eigenvalue weighted by molar-refractivity contribution is 7.92. The summed E-state index contributed by atoms with van der Waals surface area (Å²) in [5, 5.41) is 19.5. The number of benzene rings is 1. The van der Waals surface area contributed by atoms with Gasteiger partial charge in [0.2, 0.25) is 0 Å². The van der Waals surface area contributed by atoms with Gasteiger partial charge in [0.15, 0.2) is 9.84 Å². The average Bonchev–Trinajstić information content (AvgIpc) is 2.95. The number of sulfone groups is 1. The topological polar surface area (TPSA) is 96.7 Å². The van der Waals surface area contributed by atoms with E-state index in [1.165, 1.54) is 6.07 Å². The Labute approximate surface area is 187 Å². The van der Waals surface area contributed by atoms with Gasteiger partial charge in [-0.05, 0) is 72.9 Å². The summed E-state index contributed by atoms with van der Waals surface area (Å²) in [6.45, 7) is 1.83. The highest BCUT2D eigenvalue weighted by Gasteiger charge is 2.47. The molecule has 1 saturated heterocycles. The van der Waals surface area contributed by atoms with Crippen molar-refractivity contribution in [2.75, 3.05) is 5.75 Å². The molecule has 0 spiro atoms. The molecule has 0 amide bonds. The van der Waals surface area contributed by atoms with Gasteiger partial charge in [0, 0.05) is 12.5 Å². The van der Waals surface area contributed by atoms with Crippen LogP contribution in [0.25, 0.3) is 11.6 Å². The molecule has 31 heavy (non-hydrogen) atoms. The molecule has 6 nitrogen and oxygen atoms in total. The molecule has 0 aliphatic carbocycles. The third kappa shape index (κ3) is 4.72. The maximum absolute atomic E-state index is 12.5. The van der Waals surface area contributed by atoms with E-state index in [1.807, 2.05) is 31.2 Å². The number of halogens is 1. The first-order chi connectivity index (χ1) is 14.7. The Balaban J connectivity index is 1.64. The molecule has 162 valence electrons. The van der Waals surface area contributed by atoms with Crippen LogP contribution in [0, 0.1) is 0 Å². The summed E-state index contributed by atoms with van der Waals surface area (Å²) in [6.07, 6.45) is 4.25. The Bertz CT molecular complexity index is 1150. The summed E-state index contributed by atoms with van der Waals surface area (Å²) in [5.74, 6) is 0.105. The van der Waals surface area contributed by atoms with E-state index in [9.17, 15) is 18.5 Å². The van der Waals surface area contributed by atoms with E-state index in [0.717, 1.165) is 28.0 Å². The number of hydrogen-bond donors (Lipinski definition) is 2. The predicted molar refractivity (Wildman–Crippen MR) is 122 cm³/mol. The smallest absolute Gasteiger partial charge is 0.456 e. The normalized spacial score (nSPS) is 23.2. The molecule has 2 aliphatic heterocycles. The molecule has 9 heteroatoms. The zero-order chi connectivity index (χ0) is 22.2. The van der Waals surface area contributed by atoms with Crippen LogP contribution >= 0.6 is 11.6 Å². The van der Waals surface area contributed by atoms with Crippen LogP contribution in [0.3, 0.4) is 0 Å². The lowest BCUT2D eigenvalue weighted by atomic mass is 9.74. The summed E-state index contributed by atoms with van der Waals surface area (Å²) >= 11 is 6.30. The number of nitrogens with zero attached hydrogens (tertiary/aromatic N) is 1. The molecule has 0 saturated carbocycles. The van der Waals surface area contributed by atoms with Crippen LogP contribution in [0.1, 0.15) is 31.0 Å². The quantitative estimate of drug-likeness (QED) is 0.522. The SMILES string of the molecule is CC1=C2[C@@H](CC/C(=C/c3ccc(O)cc3Cl)c3ccccn3)OB(O)C[C@@H]2S(=O)(=O)C1. The van der Waals surface area contributed by atoms with Gasteiger partial charge >= 0.3 is 7.12 Å². The van der Waals surface area contributed by atoms with Crippen LogP contribution in [0.5, 0.6) is 5.75 Å². The number of pyridine rings is 1. The minimum absolute atomic E-state index is 0.0195. The van der Waals surface area contributed by atoms with Gasteiger partial charge in [0.1, 0.15) is 5.75 Å². The van der Waals surface area contributed by atoms with E-state index in [4.69, 9.17) is 16.3 Å². The minimum atomic E-state index is -3.29. The second kappa shape index (κ2) is 8.78. The van der Waals surface area contributed by atoms with E-state index in [1.54, 1.807) is 18.3 Å². The maximum atomic E-state index is 12.5. The minimum Gasteiger partial charge on any atom is -0.508 e. The Morgan fingerprint density at radius 2 is 2.16 bits per heavy atom. The Morgan fingerprint density at radius 1 is 1.35 bits per heavy atom. The van der Waals surface area contributed by atoms with Crippen LogP contribution in [-0.2, 0) is 14.5 Å². The van der Waals surface area contributed by atoms with Gasteiger partial charge in [-0.15, -0.1) is 0 Å². The third-order valence-corrected chi connectivity index (χ3v) is 8.23. The van der Waals surface area contributed by atoms with Crippen molar-refractivity contribution in [3.05, 3.63) is 70.0 Å². The lowest BCUT2D eigenvalue weighted by Gasteiger charge is -2.31. The van der Waals surface area contributed by atoms with Gasteiger partial charge in [-0.1, -0.05) is 23.2 Å². The van der Waals surface area contributed by atoms with Crippen LogP contribution < -0.4 is 0 Å². The fourth-order valence-corrected chi connectivity index (χ4v) is 6.77. The monoisotopic (exact) mass is 459 g/mol. The lowest BCUT2D eigenvalue weighted by Crippen LogP contribution is -2.41. The van der Waals surface area contributed by atoms with Crippen LogP contribution in [0.15, 0.2) is 53.7 Å². The molecule has 0 radical (unpaired) electrons. The first-order valence-corrected chi connectivity index (χ1v) is 12.2. The Kier molecular flexibility index (Phi) is 6.26. The highest BCUT2D eigenvalue weighted by atomic mass is 35.5. The van der Waals surface area contributed by atoms with Crippen LogP contribution in [0.4, 0.5) is 0 Å². The van der Waals surface area contributed by atoms with Crippen LogP contribution in [0.2, 0.25) is 11.3 Å². The molecule has 1 aromatic heterocycles. The van der Waals surface area contributed by atoms with Crippen molar-refractivity contribution in [3.63, 3.8) is 0 Å². The molecular weight excluding hydrogens is 437 g/mol. The molecule has 2 N–H and O–H groups in total. The van der Waals surface area contributed by atoms with Crippen molar-refractivity contribution in [3.8, 4) is 5.75 Å². The van der Waals surface area contributed by atoms with Crippen molar-refractivity contribution in [1.29, 1.82) is 0 Å². The van der Waals surface area contributed by atoms with E-state index in [0.29, 0.717) is 17.9 Å². The highest BCUT2D eigenvalue weighted by Crippen LogP contribution is 2.40. The molecule has 0 bridgehead atoms. The predicted octanol–water partition coefficient (Wildman–Crippen LogP) is 3.75. The van der Waals surface area contributed by atoms with Gasteiger partial charge < -0.3 is 14.8 Å². The summed E-state index contributed by atoms with van der Waals surface area (Å²) in [7, 11) is -4.40. The average molecular weight is 460 g/mol. The van der Waals surface area contributed by atoms with E-state index >= 15 is 0 Å². The number of phenolic OH excluding ortho intramolecular Hbond substituents is 1. The van der Waals surface area contributed by atoms with Crippen molar-refractivity contribution in [2.45, 2.75) is 37.4 Å². The summed E-state index contributed by atoms with van der Waals surface area (Å²) in [4.78, 5) is 4.45. The number of aromatic nitrogens is 1. The molecule has 2 aliphatic rings. The summed E-state index contributed by atoms with van der Waals surface area (Å²) in [5.41, 5.74) is 4.00. The van der Waals surface area contributed by atoms with Crippen molar-refractivity contribution >= 4 is 40.2 Å². The Morgan fingerprint density at radius 3 is 2.87 bits per heavy atom. The van der Waals surface area contributed by atoms with Gasteiger partial charge in [0.05, 0.1) is 27.8 Å². The second-order valence-electron chi connectivity index (χ2n) is 7.98.